The molecule has 0 aliphatic carbocycles. The molecule has 0 bridgehead atoms. The number of aliphatic hydroxyl groups excluding tert-OH is 1. The molecular weight excluding hydrogens is 427 g/mol. The van der Waals surface area contributed by atoms with Gasteiger partial charge < -0.3 is 0 Å². The quantitative estimate of drug-likeness (QED) is 0.322. The van der Waals surface area contributed by atoms with E-state index in [1.54, 1.807) is 7.11 Å². The van der Waals surface area contributed by atoms with Gasteiger partial charge in [0.05, 0.1) is 0 Å². The van der Waals surface area contributed by atoms with Crippen molar-refractivity contribution in [2.45, 2.75) is 85.6 Å². The minimum atomic E-state index is -2.66. The number of hydrogen-bond acceptors (Lipinski definition) is 2. The number of ether oxygens (including phenoxy) is 1. The van der Waals surface area contributed by atoms with Gasteiger partial charge in [0.1, 0.15) is 0 Å². The standard InChI is InChI=1S/C11H13O2.3C4H9.Sn/c1-9(12)7-8-10-5-3-4-6-11(10)13-2;3*1-3-4-2;/h3-7,9,12H,1-2H3;3*1,3-4H2,2H3;. The van der Waals surface area contributed by atoms with Crippen LogP contribution in [-0.4, -0.2) is 36.7 Å². The molecule has 1 atom stereocenters. The molecule has 0 aromatic heterocycles. The Morgan fingerprint density at radius 2 is 1.50 bits per heavy atom. The number of hydrogen-bond donors (Lipinski definition) is 1. The fraction of sp³-hybridized carbons (Fsp3) is 0.652. The van der Waals surface area contributed by atoms with Crippen molar-refractivity contribution in [1.29, 1.82) is 0 Å². The summed E-state index contributed by atoms with van der Waals surface area (Å²) in [6.07, 6.45) is 9.48. The van der Waals surface area contributed by atoms with E-state index in [0.29, 0.717) is 0 Å². The van der Waals surface area contributed by atoms with Gasteiger partial charge in [0.25, 0.3) is 0 Å². The molecule has 0 heterocycles. The average molecular weight is 467 g/mol. The Morgan fingerprint density at radius 1 is 1.00 bits per heavy atom. The van der Waals surface area contributed by atoms with E-state index in [4.69, 9.17) is 4.74 Å². The van der Waals surface area contributed by atoms with Crippen molar-refractivity contribution in [3.63, 3.8) is 0 Å². The number of para-hydroxylation sites is 1. The monoisotopic (exact) mass is 468 g/mol. The van der Waals surface area contributed by atoms with Gasteiger partial charge in [-0.2, -0.15) is 0 Å². The first-order valence-electron chi connectivity index (χ1n) is 10.6. The van der Waals surface area contributed by atoms with E-state index in [-0.39, 0.29) is 0 Å². The van der Waals surface area contributed by atoms with Crippen LogP contribution < -0.4 is 4.74 Å². The van der Waals surface area contributed by atoms with Gasteiger partial charge >= 0.3 is 166 Å². The minimum absolute atomic E-state index is 0.407. The van der Waals surface area contributed by atoms with Crippen molar-refractivity contribution in [3.8, 4) is 5.75 Å². The first-order chi connectivity index (χ1) is 12.5. The third-order valence-corrected chi connectivity index (χ3v) is 21.1. The number of rotatable bonds is 13. The first-order valence-corrected chi connectivity index (χ1v) is 18.1. The van der Waals surface area contributed by atoms with Crippen molar-refractivity contribution < 1.29 is 9.84 Å². The molecule has 1 rings (SSSR count). The summed E-state index contributed by atoms with van der Waals surface area (Å²) in [5.74, 6) is 0.963. The molecule has 0 aliphatic rings. The summed E-state index contributed by atoms with van der Waals surface area (Å²) in [6.45, 7) is 8.80. The Labute approximate surface area is 165 Å². The molecule has 3 heteroatoms. The van der Waals surface area contributed by atoms with Gasteiger partial charge in [-0.15, -0.1) is 0 Å². The molecule has 0 amide bonds. The summed E-state index contributed by atoms with van der Waals surface area (Å²) >= 11 is -2.66. The van der Waals surface area contributed by atoms with Gasteiger partial charge in [0.15, 0.2) is 0 Å². The Bertz CT molecular complexity index is 515. The number of unbranched alkanes of at least 4 members (excludes halogenated alkanes) is 3. The van der Waals surface area contributed by atoms with Crippen LogP contribution in [0.2, 0.25) is 13.3 Å². The van der Waals surface area contributed by atoms with Crippen LogP contribution in [0.25, 0.3) is 3.59 Å². The zero-order chi connectivity index (χ0) is 19.4. The molecule has 1 aromatic carbocycles. The number of benzene rings is 1. The number of methoxy groups -OCH3 is 1. The van der Waals surface area contributed by atoms with Crippen molar-refractivity contribution in [3.05, 3.63) is 35.9 Å². The summed E-state index contributed by atoms with van der Waals surface area (Å²) in [5, 5.41) is 10.3. The zero-order valence-electron chi connectivity index (χ0n) is 17.7. The summed E-state index contributed by atoms with van der Waals surface area (Å²) < 4.78 is 11.4. The van der Waals surface area contributed by atoms with E-state index in [0.717, 1.165) is 5.75 Å². The van der Waals surface area contributed by atoms with E-state index >= 15 is 0 Å². The van der Waals surface area contributed by atoms with Crippen LogP contribution >= 0.6 is 0 Å². The molecule has 148 valence electrons. The second-order valence-corrected chi connectivity index (χ2v) is 20.7. The van der Waals surface area contributed by atoms with Crippen LogP contribution in [-0.2, 0) is 0 Å². The summed E-state index contributed by atoms with van der Waals surface area (Å²) in [5.41, 5.74) is 1.25. The molecule has 0 fully saturated rings. The predicted molar refractivity (Wildman–Crippen MR) is 118 cm³/mol. The van der Waals surface area contributed by atoms with Gasteiger partial charge in [0, 0.05) is 0 Å². The Kier molecular flexibility index (Phi) is 11.6. The fourth-order valence-electron chi connectivity index (χ4n) is 3.99. The van der Waals surface area contributed by atoms with E-state index in [9.17, 15) is 5.11 Å². The average Bonchev–Trinajstić information content (AvgIpc) is 2.66. The maximum atomic E-state index is 10.3. The van der Waals surface area contributed by atoms with Crippen molar-refractivity contribution in [1.82, 2.24) is 0 Å². The summed E-state index contributed by atoms with van der Waals surface area (Å²) in [6, 6.07) is 8.44. The van der Waals surface area contributed by atoms with Gasteiger partial charge in [-0.3, -0.25) is 0 Å². The molecule has 0 saturated carbocycles. The van der Waals surface area contributed by atoms with Crippen LogP contribution in [0, 0.1) is 0 Å². The molecule has 0 spiro atoms. The van der Waals surface area contributed by atoms with E-state index < -0.39 is 24.5 Å². The topological polar surface area (TPSA) is 29.5 Å². The van der Waals surface area contributed by atoms with Crippen LogP contribution in [0.15, 0.2) is 30.3 Å². The molecule has 1 N–H and O–H groups in total. The van der Waals surface area contributed by atoms with E-state index in [1.165, 1.54) is 61.0 Å². The molecule has 1 unspecified atom stereocenters. The van der Waals surface area contributed by atoms with Gasteiger partial charge in [-0.25, -0.2) is 0 Å². The van der Waals surface area contributed by atoms with Gasteiger partial charge in [0.2, 0.25) is 0 Å². The normalized spacial score (nSPS) is 13.7. The molecule has 1 aromatic rings. The second kappa shape index (κ2) is 12.8. The fourth-order valence-corrected chi connectivity index (χ4v) is 21.2. The summed E-state index contributed by atoms with van der Waals surface area (Å²) in [7, 11) is 1.76. The van der Waals surface area contributed by atoms with E-state index in [2.05, 4.69) is 45.0 Å². The Balaban J connectivity index is 3.52. The predicted octanol–water partition coefficient (Wildman–Crippen LogP) is 6.85. The van der Waals surface area contributed by atoms with Gasteiger partial charge in [-0.05, 0) is 0 Å². The van der Waals surface area contributed by atoms with Crippen molar-refractivity contribution in [2.75, 3.05) is 7.11 Å². The van der Waals surface area contributed by atoms with Crippen LogP contribution in [0.5, 0.6) is 5.75 Å². The third kappa shape index (κ3) is 6.92. The maximum absolute atomic E-state index is 10.3. The van der Waals surface area contributed by atoms with Crippen LogP contribution in [0.1, 0.15) is 71.8 Å². The van der Waals surface area contributed by atoms with Crippen LogP contribution in [0.4, 0.5) is 0 Å². The molecule has 0 saturated heterocycles. The van der Waals surface area contributed by atoms with Crippen molar-refractivity contribution >= 4 is 22.0 Å². The molecule has 0 aliphatic heterocycles. The zero-order valence-corrected chi connectivity index (χ0v) is 20.5. The SMILES string of the molecule is CCC[CH2][Sn]([CH2]CCC)([CH2]CCC)/[C](=C/C(C)O)c1ccccc1OC. The summed E-state index contributed by atoms with van der Waals surface area (Å²) in [4.78, 5) is 0. The Morgan fingerprint density at radius 3 is 1.92 bits per heavy atom. The molecule has 26 heavy (non-hydrogen) atoms. The van der Waals surface area contributed by atoms with E-state index in [1.807, 2.05) is 13.0 Å². The third-order valence-electron chi connectivity index (χ3n) is 5.40. The first kappa shape index (κ1) is 23.6. The number of aliphatic hydroxyl groups is 1. The molecular formula is C23H40O2Sn. The van der Waals surface area contributed by atoms with Crippen LogP contribution in [0.3, 0.4) is 0 Å². The Hall–Kier alpha value is -0.481. The molecule has 2 nitrogen and oxygen atoms in total. The molecule has 0 radical (unpaired) electrons. The van der Waals surface area contributed by atoms with Gasteiger partial charge in [-0.1, -0.05) is 0 Å². The van der Waals surface area contributed by atoms with Crippen molar-refractivity contribution in [2.24, 2.45) is 0 Å². The second-order valence-electron chi connectivity index (χ2n) is 7.61.